The molecule has 0 bridgehead atoms. The summed E-state index contributed by atoms with van der Waals surface area (Å²) in [6, 6.07) is 15.1. The van der Waals surface area contributed by atoms with Crippen LogP contribution in [0.25, 0.3) is 10.9 Å². The molecular formula is C28H34N2O6. The van der Waals surface area contributed by atoms with E-state index in [1.165, 1.54) is 0 Å². The molecule has 36 heavy (non-hydrogen) atoms. The van der Waals surface area contributed by atoms with Gasteiger partial charge in [-0.1, -0.05) is 43.3 Å². The van der Waals surface area contributed by atoms with Crippen molar-refractivity contribution in [2.45, 2.75) is 46.1 Å². The fourth-order valence-corrected chi connectivity index (χ4v) is 4.08. The molecule has 0 saturated carbocycles. The summed E-state index contributed by atoms with van der Waals surface area (Å²) in [5.41, 5.74) is 7.87. The number of carbonyl (C=O) groups is 3. The summed E-state index contributed by atoms with van der Waals surface area (Å²) in [5, 5.41) is 0.453. The van der Waals surface area contributed by atoms with Gasteiger partial charge in [-0.25, -0.2) is 4.79 Å². The third-order valence-electron chi connectivity index (χ3n) is 5.84. The number of amides is 1. The predicted octanol–water partition coefficient (Wildman–Crippen LogP) is 4.18. The Morgan fingerprint density at radius 2 is 1.67 bits per heavy atom. The summed E-state index contributed by atoms with van der Waals surface area (Å²) in [6.07, 6.45) is 3.58. The van der Waals surface area contributed by atoms with Gasteiger partial charge in [0.1, 0.15) is 5.75 Å². The second-order valence-electron chi connectivity index (χ2n) is 8.56. The Labute approximate surface area is 211 Å². The maximum absolute atomic E-state index is 12.8. The number of ether oxygens (including phenoxy) is 3. The van der Waals surface area contributed by atoms with Crippen molar-refractivity contribution < 1.29 is 28.6 Å². The van der Waals surface area contributed by atoms with E-state index in [2.05, 4.69) is 6.92 Å². The highest BCUT2D eigenvalue weighted by Gasteiger charge is 2.26. The Bertz CT molecular complexity index is 1190. The van der Waals surface area contributed by atoms with Gasteiger partial charge in [-0.05, 0) is 50.3 Å². The molecule has 2 aromatic carbocycles. The third kappa shape index (κ3) is 6.95. The molecule has 8 nitrogen and oxygen atoms in total. The van der Waals surface area contributed by atoms with Gasteiger partial charge in [0.25, 0.3) is 11.7 Å². The minimum Gasteiger partial charge on any atom is -0.481 e. The lowest BCUT2D eigenvalue weighted by Gasteiger charge is -2.10. The zero-order valence-electron chi connectivity index (χ0n) is 21.0. The number of carbonyl (C=O) groups excluding carboxylic acids is 3. The zero-order chi connectivity index (χ0) is 25.9. The molecule has 0 radical (unpaired) electrons. The van der Waals surface area contributed by atoms with Crippen molar-refractivity contribution in [3.63, 3.8) is 0 Å². The number of aromatic nitrogens is 1. The van der Waals surface area contributed by atoms with Crippen LogP contribution in [0.4, 0.5) is 0 Å². The zero-order valence-corrected chi connectivity index (χ0v) is 21.0. The lowest BCUT2D eigenvalue weighted by Crippen LogP contribution is -2.24. The first-order valence-electron chi connectivity index (χ1n) is 12.3. The maximum atomic E-state index is 12.8. The van der Waals surface area contributed by atoms with Crippen LogP contribution in [0.1, 0.15) is 54.2 Å². The smallest absolute Gasteiger partial charge is 0.344 e. The Morgan fingerprint density at radius 1 is 0.917 bits per heavy atom. The number of fused-ring (bicyclic) bond motifs is 1. The predicted molar refractivity (Wildman–Crippen MR) is 137 cm³/mol. The van der Waals surface area contributed by atoms with E-state index in [0.29, 0.717) is 42.1 Å². The second-order valence-corrected chi connectivity index (χ2v) is 8.56. The molecule has 0 aliphatic carbocycles. The number of ketones is 1. The first-order chi connectivity index (χ1) is 17.4. The highest BCUT2D eigenvalue weighted by Crippen LogP contribution is 2.34. The van der Waals surface area contributed by atoms with E-state index >= 15 is 0 Å². The van der Waals surface area contributed by atoms with Crippen molar-refractivity contribution in [3.05, 3.63) is 65.4 Å². The summed E-state index contributed by atoms with van der Waals surface area (Å²) in [7, 11) is 0. The van der Waals surface area contributed by atoms with Crippen molar-refractivity contribution in [2.24, 2.45) is 5.73 Å². The minimum atomic E-state index is -1.05. The van der Waals surface area contributed by atoms with Crippen LogP contribution in [0.5, 0.6) is 5.75 Å². The van der Waals surface area contributed by atoms with Crippen LogP contribution >= 0.6 is 0 Å². The summed E-state index contributed by atoms with van der Waals surface area (Å²) in [5.74, 6) is -2.04. The molecule has 192 valence electrons. The van der Waals surface area contributed by atoms with Gasteiger partial charge in [-0.15, -0.1) is 0 Å². The van der Waals surface area contributed by atoms with Crippen LogP contribution in [0.3, 0.4) is 0 Å². The molecule has 0 fully saturated rings. The Balaban J connectivity index is 1.72. The van der Waals surface area contributed by atoms with Crippen LogP contribution in [0, 0.1) is 6.92 Å². The minimum absolute atomic E-state index is 0.183. The number of hydrogen-bond acceptors (Lipinski definition) is 6. The van der Waals surface area contributed by atoms with E-state index in [4.69, 9.17) is 19.9 Å². The lowest BCUT2D eigenvalue weighted by molar-refractivity contribution is -0.146. The van der Waals surface area contributed by atoms with Crippen LogP contribution in [0.15, 0.2) is 48.5 Å². The molecule has 3 rings (SSSR count). The number of nitrogens with two attached hydrogens (primary N) is 1. The van der Waals surface area contributed by atoms with E-state index in [9.17, 15) is 14.4 Å². The van der Waals surface area contributed by atoms with Crippen LogP contribution in [-0.4, -0.2) is 48.7 Å². The monoisotopic (exact) mass is 494 g/mol. The van der Waals surface area contributed by atoms with Crippen LogP contribution in [-0.2, 0) is 25.6 Å². The molecule has 1 aromatic heterocycles. The molecule has 3 aromatic rings. The second kappa shape index (κ2) is 13.4. The normalized spacial score (nSPS) is 10.9. The summed E-state index contributed by atoms with van der Waals surface area (Å²) >= 11 is 0. The molecule has 0 unspecified atom stereocenters. The number of Topliss-reactive ketones (excluding diaryl/α,β-unsaturated/α-hetero) is 1. The number of esters is 1. The number of unbranched alkanes of at least 4 members (excludes halogenated alkanes) is 2. The third-order valence-corrected chi connectivity index (χ3v) is 5.84. The molecule has 0 saturated heterocycles. The number of hydrogen-bond donors (Lipinski definition) is 1. The van der Waals surface area contributed by atoms with E-state index in [1.807, 2.05) is 41.0 Å². The van der Waals surface area contributed by atoms with E-state index in [0.717, 1.165) is 37.9 Å². The van der Waals surface area contributed by atoms with Gasteiger partial charge in [-0.3, -0.25) is 9.59 Å². The highest BCUT2D eigenvalue weighted by molar-refractivity contribution is 6.45. The molecule has 8 heteroatoms. The number of rotatable bonds is 15. The fraction of sp³-hybridized carbons (Fsp3) is 0.393. The first-order valence-corrected chi connectivity index (χ1v) is 12.3. The van der Waals surface area contributed by atoms with Crippen molar-refractivity contribution in [1.29, 1.82) is 0 Å². The maximum Gasteiger partial charge on any atom is 0.344 e. The number of primary amides is 1. The molecule has 1 amide bonds. The van der Waals surface area contributed by atoms with Gasteiger partial charge in [0.05, 0.1) is 23.1 Å². The van der Waals surface area contributed by atoms with E-state index < -0.39 is 17.7 Å². The van der Waals surface area contributed by atoms with E-state index in [1.54, 1.807) is 19.1 Å². The molecular weight excluding hydrogens is 460 g/mol. The van der Waals surface area contributed by atoms with Gasteiger partial charge >= 0.3 is 5.97 Å². The SMILES string of the molecule is CCCOCCCCCOC(=O)COc1cccc2c1c(C(=O)C(N)=O)c(C)n2Cc1ccccc1. The van der Waals surface area contributed by atoms with Gasteiger partial charge in [-0.2, -0.15) is 0 Å². The van der Waals surface area contributed by atoms with Crippen molar-refractivity contribution in [1.82, 2.24) is 4.57 Å². The van der Waals surface area contributed by atoms with Gasteiger partial charge in [0.2, 0.25) is 0 Å². The van der Waals surface area contributed by atoms with E-state index in [-0.39, 0.29) is 12.2 Å². The average Bonchev–Trinajstić information content (AvgIpc) is 3.16. The Morgan fingerprint density at radius 3 is 2.39 bits per heavy atom. The molecule has 0 aliphatic rings. The quantitative estimate of drug-likeness (QED) is 0.147. The molecule has 0 atom stereocenters. The Hall–Kier alpha value is -3.65. The largest absolute Gasteiger partial charge is 0.481 e. The van der Waals surface area contributed by atoms with Crippen molar-refractivity contribution in [2.75, 3.05) is 26.4 Å². The van der Waals surface area contributed by atoms with Crippen LogP contribution in [0.2, 0.25) is 0 Å². The summed E-state index contributed by atoms with van der Waals surface area (Å²) < 4.78 is 18.4. The first kappa shape index (κ1) is 26.9. The number of benzene rings is 2. The standard InChI is InChI=1S/C28H34N2O6/c1-3-15-34-16-8-5-9-17-35-24(31)19-36-23-14-10-13-22-26(23)25(27(32)28(29)33)20(2)30(22)18-21-11-6-4-7-12-21/h4,6-7,10-14H,3,5,8-9,15-19H2,1-2H3,(H2,29,33). The highest BCUT2D eigenvalue weighted by atomic mass is 16.6. The summed E-state index contributed by atoms with van der Waals surface area (Å²) in [6.45, 7) is 5.80. The van der Waals surface area contributed by atoms with Gasteiger partial charge in [0.15, 0.2) is 6.61 Å². The lowest BCUT2D eigenvalue weighted by atomic mass is 10.1. The molecule has 2 N–H and O–H groups in total. The van der Waals surface area contributed by atoms with Gasteiger partial charge < -0.3 is 24.5 Å². The average molecular weight is 495 g/mol. The molecule has 1 heterocycles. The number of nitrogens with zero attached hydrogens (tertiary/aromatic N) is 1. The topological polar surface area (TPSA) is 110 Å². The van der Waals surface area contributed by atoms with Gasteiger partial charge in [0, 0.05) is 25.5 Å². The Kier molecular flexibility index (Phi) is 10.1. The molecule has 0 aliphatic heterocycles. The fourth-order valence-electron chi connectivity index (χ4n) is 4.08. The van der Waals surface area contributed by atoms with Crippen molar-refractivity contribution in [3.8, 4) is 5.75 Å². The summed E-state index contributed by atoms with van der Waals surface area (Å²) in [4.78, 5) is 36.9. The van der Waals surface area contributed by atoms with Crippen molar-refractivity contribution >= 4 is 28.6 Å². The molecule has 0 spiro atoms. The van der Waals surface area contributed by atoms with Crippen LogP contribution < -0.4 is 10.5 Å².